The topological polar surface area (TPSA) is 54.0 Å². The number of imidazole rings is 1. The summed E-state index contributed by atoms with van der Waals surface area (Å²) in [6.45, 7) is 0. The molecule has 0 aromatic carbocycles. The van der Waals surface area contributed by atoms with Crippen LogP contribution in [0.25, 0.3) is 5.78 Å². The van der Waals surface area contributed by atoms with Crippen molar-refractivity contribution in [2.45, 2.75) is 5.88 Å². The van der Waals surface area contributed by atoms with E-state index in [1.807, 2.05) is 6.07 Å². The molecule has 13 heavy (non-hydrogen) atoms. The van der Waals surface area contributed by atoms with Crippen LogP contribution < -0.4 is 0 Å². The minimum absolute atomic E-state index is 0.328. The largest absolute Gasteiger partial charge is 0.274 e. The van der Waals surface area contributed by atoms with Crippen LogP contribution in [0.4, 0.5) is 0 Å². The van der Waals surface area contributed by atoms with E-state index in [9.17, 15) is 0 Å². The third kappa shape index (κ3) is 1.23. The third-order valence-corrected chi connectivity index (χ3v) is 1.94. The number of halogens is 1. The second kappa shape index (κ2) is 3.04. The summed E-state index contributed by atoms with van der Waals surface area (Å²) < 4.78 is 1.62. The van der Waals surface area contributed by atoms with Crippen LogP contribution in [0.15, 0.2) is 18.5 Å². The maximum Gasteiger partial charge on any atom is 0.235 e. The Hall–Kier alpha value is -1.60. The highest BCUT2D eigenvalue weighted by Crippen LogP contribution is 2.07. The van der Waals surface area contributed by atoms with E-state index in [-0.39, 0.29) is 0 Å². The standard InChI is InChI=1S/C8H5ClN4/c9-3-6-5-13-7(4-10)1-2-11-8(13)12-6/h1-2,5H,3H2. The Morgan fingerprint density at radius 3 is 3.15 bits per heavy atom. The highest BCUT2D eigenvalue weighted by molar-refractivity contribution is 6.16. The van der Waals surface area contributed by atoms with E-state index in [1.165, 1.54) is 0 Å². The van der Waals surface area contributed by atoms with E-state index in [0.29, 0.717) is 17.4 Å². The van der Waals surface area contributed by atoms with Crippen LogP contribution in [0.1, 0.15) is 11.4 Å². The molecular formula is C8H5ClN4. The molecule has 2 heterocycles. The van der Waals surface area contributed by atoms with Crippen LogP contribution in [0.5, 0.6) is 0 Å². The fourth-order valence-corrected chi connectivity index (χ4v) is 1.23. The quantitative estimate of drug-likeness (QED) is 0.641. The van der Waals surface area contributed by atoms with Gasteiger partial charge in [0.25, 0.3) is 0 Å². The molecule has 0 atom stereocenters. The van der Waals surface area contributed by atoms with Gasteiger partial charge in [0.1, 0.15) is 11.8 Å². The van der Waals surface area contributed by atoms with Gasteiger partial charge in [-0.1, -0.05) is 0 Å². The summed E-state index contributed by atoms with van der Waals surface area (Å²) in [4.78, 5) is 8.11. The minimum Gasteiger partial charge on any atom is -0.274 e. The van der Waals surface area contributed by atoms with Crippen molar-refractivity contribution >= 4 is 17.4 Å². The zero-order chi connectivity index (χ0) is 9.26. The van der Waals surface area contributed by atoms with E-state index in [0.717, 1.165) is 5.69 Å². The molecule has 0 aliphatic carbocycles. The fourth-order valence-electron chi connectivity index (χ4n) is 1.10. The number of nitrogens with zero attached hydrogens (tertiary/aromatic N) is 4. The lowest BCUT2D eigenvalue weighted by Crippen LogP contribution is -1.91. The zero-order valence-electron chi connectivity index (χ0n) is 6.61. The van der Waals surface area contributed by atoms with Gasteiger partial charge in [0.2, 0.25) is 5.78 Å². The number of rotatable bonds is 1. The molecule has 0 aliphatic rings. The number of alkyl halides is 1. The molecule has 0 amide bonds. The SMILES string of the molecule is N#Cc1ccnc2nc(CCl)cn12. The summed E-state index contributed by atoms with van der Waals surface area (Å²) in [5, 5.41) is 8.76. The predicted octanol–water partition coefficient (Wildman–Crippen LogP) is 1.34. The lowest BCUT2D eigenvalue weighted by atomic mass is 10.4. The normalized spacial score (nSPS) is 10.2. The maximum absolute atomic E-state index is 8.76. The summed E-state index contributed by atoms with van der Waals surface area (Å²) in [6, 6.07) is 3.68. The van der Waals surface area contributed by atoms with Gasteiger partial charge in [-0.05, 0) is 6.07 Å². The second-order valence-electron chi connectivity index (χ2n) is 2.48. The van der Waals surface area contributed by atoms with Gasteiger partial charge in [0.15, 0.2) is 0 Å². The first-order valence-electron chi connectivity index (χ1n) is 3.64. The van der Waals surface area contributed by atoms with Crippen molar-refractivity contribution in [3.63, 3.8) is 0 Å². The first-order chi connectivity index (χ1) is 6.35. The Labute approximate surface area is 79.4 Å². The van der Waals surface area contributed by atoms with Crippen molar-refractivity contribution in [3.05, 3.63) is 29.8 Å². The summed E-state index contributed by atoms with van der Waals surface area (Å²) in [6.07, 6.45) is 3.27. The van der Waals surface area contributed by atoms with Crippen molar-refractivity contribution in [3.8, 4) is 6.07 Å². The Balaban J connectivity index is 2.76. The average molecular weight is 193 g/mol. The van der Waals surface area contributed by atoms with Crippen LogP contribution >= 0.6 is 11.6 Å². The highest BCUT2D eigenvalue weighted by atomic mass is 35.5. The lowest BCUT2D eigenvalue weighted by molar-refractivity contribution is 1.08. The van der Waals surface area contributed by atoms with E-state index < -0.39 is 0 Å². The first-order valence-corrected chi connectivity index (χ1v) is 4.17. The van der Waals surface area contributed by atoms with Crippen molar-refractivity contribution in [2.24, 2.45) is 0 Å². The number of aromatic nitrogens is 3. The molecule has 5 heteroatoms. The highest BCUT2D eigenvalue weighted by Gasteiger charge is 2.03. The Morgan fingerprint density at radius 2 is 2.46 bits per heavy atom. The molecule has 0 fully saturated rings. The second-order valence-corrected chi connectivity index (χ2v) is 2.75. The summed E-state index contributed by atoms with van der Waals surface area (Å²) in [5.41, 5.74) is 1.23. The Morgan fingerprint density at radius 1 is 1.62 bits per heavy atom. The number of hydrogen-bond acceptors (Lipinski definition) is 3. The average Bonchev–Trinajstić information content (AvgIpc) is 2.59. The van der Waals surface area contributed by atoms with Gasteiger partial charge in [0.05, 0.1) is 11.6 Å². The van der Waals surface area contributed by atoms with Gasteiger partial charge in [-0.2, -0.15) is 5.26 Å². The van der Waals surface area contributed by atoms with Crippen LogP contribution in [0.3, 0.4) is 0 Å². The smallest absolute Gasteiger partial charge is 0.235 e. The molecule has 0 saturated carbocycles. The number of hydrogen-bond donors (Lipinski definition) is 0. The van der Waals surface area contributed by atoms with E-state index in [2.05, 4.69) is 9.97 Å². The molecule has 2 aromatic rings. The van der Waals surface area contributed by atoms with Gasteiger partial charge in [0, 0.05) is 12.4 Å². The van der Waals surface area contributed by atoms with Crippen molar-refractivity contribution < 1.29 is 0 Å². The van der Waals surface area contributed by atoms with Gasteiger partial charge >= 0.3 is 0 Å². The number of fused-ring (bicyclic) bond motifs is 1. The molecule has 0 saturated heterocycles. The van der Waals surface area contributed by atoms with E-state index in [4.69, 9.17) is 16.9 Å². The van der Waals surface area contributed by atoms with Crippen molar-refractivity contribution in [2.75, 3.05) is 0 Å². The Bertz CT molecular complexity index is 482. The monoisotopic (exact) mass is 192 g/mol. The minimum atomic E-state index is 0.328. The first kappa shape index (κ1) is 8.02. The van der Waals surface area contributed by atoms with Crippen LogP contribution in [-0.4, -0.2) is 14.4 Å². The molecule has 2 rings (SSSR count). The Kier molecular flexibility index (Phi) is 1.87. The summed E-state index contributed by atoms with van der Waals surface area (Å²) in [7, 11) is 0. The van der Waals surface area contributed by atoms with Crippen LogP contribution in [-0.2, 0) is 5.88 Å². The number of nitriles is 1. The molecule has 0 N–H and O–H groups in total. The molecule has 0 bridgehead atoms. The molecule has 0 unspecified atom stereocenters. The molecule has 0 spiro atoms. The van der Waals surface area contributed by atoms with Crippen LogP contribution in [0.2, 0.25) is 0 Å². The van der Waals surface area contributed by atoms with E-state index >= 15 is 0 Å². The van der Waals surface area contributed by atoms with E-state index in [1.54, 1.807) is 22.9 Å². The maximum atomic E-state index is 8.76. The summed E-state index contributed by atoms with van der Waals surface area (Å²) >= 11 is 5.61. The van der Waals surface area contributed by atoms with Gasteiger partial charge < -0.3 is 0 Å². The predicted molar refractivity (Wildman–Crippen MR) is 47.3 cm³/mol. The molecule has 0 aliphatic heterocycles. The molecule has 4 nitrogen and oxygen atoms in total. The van der Waals surface area contributed by atoms with Gasteiger partial charge in [-0.3, -0.25) is 4.40 Å². The molecule has 2 aromatic heterocycles. The zero-order valence-corrected chi connectivity index (χ0v) is 7.36. The molecular weight excluding hydrogens is 188 g/mol. The van der Waals surface area contributed by atoms with Gasteiger partial charge in [-0.15, -0.1) is 11.6 Å². The molecule has 64 valence electrons. The lowest BCUT2D eigenvalue weighted by Gasteiger charge is -1.92. The molecule has 0 radical (unpaired) electrons. The van der Waals surface area contributed by atoms with Crippen molar-refractivity contribution in [1.82, 2.24) is 14.4 Å². The van der Waals surface area contributed by atoms with Crippen molar-refractivity contribution in [1.29, 1.82) is 5.26 Å². The third-order valence-electron chi connectivity index (χ3n) is 1.67. The fraction of sp³-hybridized carbons (Fsp3) is 0.125. The van der Waals surface area contributed by atoms with Gasteiger partial charge in [-0.25, -0.2) is 9.97 Å². The summed E-state index contributed by atoms with van der Waals surface area (Å²) in [5.74, 6) is 0.837. The van der Waals surface area contributed by atoms with Crippen LogP contribution in [0, 0.1) is 11.3 Å².